The maximum absolute atomic E-state index is 12.3. The third kappa shape index (κ3) is 3.11. The van der Waals surface area contributed by atoms with Crippen LogP contribution in [0.2, 0.25) is 0 Å². The molecule has 0 N–H and O–H groups in total. The molecule has 1 amide bonds. The number of carbonyl (C=O) groups excluding carboxylic acids is 2. The highest BCUT2D eigenvalue weighted by Gasteiger charge is 2.37. The molecule has 7 heteroatoms. The molecule has 106 valence electrons. The summed E-state index contributed by atoms with van der Waals surface area (Å²) < 4.78 is 0.278. The lowest BCUT2D eigenvalue weighted by atomic mass is 10.1. The van der Waals surface area contributed by atoms with Crippen molar-refractivity contribution in [1.29, 1.82) is 0 Å². The van der Waals surface area contributed by atoms with Gasteiger partial charge in [0.15, 0.2) is 0 Å². The van der Waals surface area contributed by atoms with Crippen molar-refractivity contribution in [1.82, 2.24) is 4.90 Å². The number of thioether (sulfide) groups is 1. The van der Waals surface area contributed by atoms with Crippen molar-refractivity contribution in [3.63, 3.8) is 0 Å². The monoisotopic (exact) mass is 326 g/mol. The summed E-state index contributed by atoms with van der Waals surface area (Å²) in [5.74, 6) is -1.61. The van der Waals surface area contributed by atoms with Gasteiger partial charge in [0, 0.05) is 4.88 Å². The average molecular weight is 326 g/mol. The fourth-order valence-electron chi connectivity index (χ4n) is 1.88. The minimum Gasteiger partial charge on any atom is -0.548 e. The van der Waals surface area contributed by atoms with Crippen molar-refractivity contribution < 1.29 is 14.7 Å². The maximum atomic E-state index is 12.3. The van der Waals surface area contributed by atoms with E-state index in [1.807, 2.05) is 24.4 Å². The number of hydrogen-bond donors (Lipinski definition) is 0. The van der Waals surface area contributed by atoms with Crippen molar-refractivity contribution in [3.8, 4) is 0 Å². The summed E-state index contributed by atoms with van der Waals surface area (Å²) in [6.45, 7) is 1.86. The molecule has 0 unspecified atom stereocenters. The summed E-state index contributed by atoms with van der Waals surface area (Å²) in [7, 11) is 0. The predicted molar refractivity (Wildman–Crippen MR) is 83.0 cm³/mol. The predicted octanol–water partition coefficient (Wildman–Crippen LogP) is 1.87. The number of carboxylic acids is 1. The summed E-state index contributed by atoms with van der Waals surface area (Å²) in [6.07, 6.45) is 2.71. The van der Waals surface area contributed by atoms with E-state index in [4.69, 9.17) is 12.2 Å². The molecule has 1 aromatic rings. The lowest BCUT2D eigenvalue weighted by molar-refractivity contribution is -0.310. The highest BCUT2D eigenvalue weighted by Crippen LogP contribution is 2.35. The minimum absolute atomic E-state index is 0.278. The normalized spacial score (nSPS) is 18.9. The Bertz CT molecular complexity index is 565. The quantitative estimate of drug-likeness (QED) is 0.611. The van der Waals surface area contributed by atoms with Crippen LogP contribution in [0, 0.1) is 0 Å². The van der Waals surface area contributed by atoms with Crippen LogP contribution < -0.4 is 5.11 Å². The van der Waals surface area contributed by atoms with Crippen LogP contribution in [0.3, 0.4) is 0 Å². The molecule has 1 aromatic heterocycles. The Balaban J connectivity index is 2.26. The first-order valence-corrected chi connectivity index (χ1v) is 8.16. The molecule has 0 aliphatic carbocycles. The third-order valence-electron chi connectivity index (χ3n) is 2.79. The number of thiophene rings is 1. The lowest BCUT2D eigenvalue weighted by Gasteiger charge is -2.27. The van der Waals surface area contributed by atoms with E-state index in [1.54, 1.807) is 6.08 Å². The average Bonchev–Trinajstić information content (AvgIpc) is 2.98. The van der Waals surface area contributed by atoms with Crippen LogP contribution in [-0.4, -0.2) is 27.1 Å². The van der Waals surface area contributed by atoms with Gasteiger partial charge in [-0.3, -0.25) is 9.69 Å². The number of carbonyl (C=O) groups is 2. The van der Waals surface area contributed by atoms with Crippen LogP contribution in [0.4, 0.5) is 0 Å². The molecule has 20 heavy (non-hydrogen) atoms. The SMILES string of the molecule is CCC[C@@H](C(=O)[O-])N1C(=O)/C(=C\c2cccs2)SC1=S. The van der Waals surface area contributed by atoms with E-state index in [1.165, 1.54) is 11.3 Å². The summed E-state index contributed by atoms with van der Waals surface area (Å²) in [5, 5.41) is 13.1. The fourth-order valence-corrected chi connectivity index (χ4v) is 3.96. The Morgan fingerprint density at radius 2 is 2.35 bits per heavy atom. The molecule has 1 saturated heterocycles. The molecular weight excluding hydrogens is 314 g/mol. The number of carboxylic acid groups (broad SMARTS) is 1. The van der Waals surface area contributed by atoms with Gasteiger partial charge in [-0.2, -0.15) is 0 Å². The number of amides is 1. The molecule has 1 atom stereocenters. The smallest absolute Gasteiger partial charge is 0.266 e. The van der Waals surface area contributed by atoms with Gasteiger partial charge in [-0.25, -0.2) is 0 Å². The van der Waals surface area contributed by atoms with Crippen molar-refractivity contribution in [2.24, 2.45) is 0 Å². The van der Waals surface area contributed by atoms with Gasteiger partial charge < -0.3 is 9.90 Å². The van der Waals surface area contributed by atoms with Crippen LogP contribution in [0.5, 0.6) is 0 Å². The minimum atomic E-state index is -1.26. The molecule has 0 aromatic carbocycles. The lowest BCUT2D eigenvalue weighted by Crippen LogP contribution is -2.49. The molecule has 0 saturated carbocycles. The van der Waals surface area contributed by atoms with Crippen LogP contribution in [0.1, 0.15) is 24.6 Å². The zero-order chi connectivity index (χ0) is 14.7. The van der Waals surface area contributed by atoms with Crippen LogP contribution in [-0.2, 0) is 9.59 Å². The van der Waals surface area contributed by atoms with Gasteiger partial charge in [0.05, 0.1) is 16.9 Å². The molecular formula is C13H12NO3S3-. The van der Waals surface area contributed by atoms with Gasteiger partial charge in [0.2, 0.25) is 0 Å². The Morgan fingerprint density at radius 1 is 1.60 bits per heavy atom. The first-order valence-electron chi connectivity index (χ1n) is 6.06. The summed E-state index contributed by atoms with van der Waals surface area (Å²) in [4.78, 5) is 26.1. The zero-order valence-corrected chi connectivity index (χ0v) is 13.1. The fraction of sp³-hybridized carbons (Fsp3) is 0.308. The number of thiocarbonyl (C=S) groups is 1. The summed E-state index contributed by atoms with van der Waals surface area (Å²) in [6, 6.07) is 2.79. The van der Waals surface area contributed by atoms with Gasteiger partial charge in [-0.1, -0.05) is 43.4 Å². The topological polar surface area (TPSA) is 60.4 Å². The molecule has 2 heterocycles. The van der Waals surface area contributed by atoms with Gasteiger partial charge in [0.25, 0.3) is 5.91 Å². The molecule has 2 rings (SSSR count). The second kappa shape index (κ2) is 6.51. The van der Waals surface area contributed by atoms with E-state index in [0.717, 1.165) is 21.5 Å². The first kappa shape index (κ1) is 15.2. The molecule has 1 aliphatic rings. The van der Waals surface area contributed by atoms with Crippen LogP contribution in [0.25, 0.3) is 6.08 Å². The van der Waals surface area contributed by atoms with E-state index in [9.17, 15) is 14.7 Å². The van der Waals surface area contributed by atoms with Crippen LogP contribution in [0.15, 0.2) is 22.4 Å². The molecule has 0 spiro atoms. The van der Waals surface area contributed by atoms with E-state index in [2.05, 4.69) is 0 Å². The van der Waals surface area contributed by atoms with Gasteiger partial charge in [-0.05, 0) is 23.9 Å². The number of nitrogens with zero attached hydrogens (tertiary/aromatic N) is 1. The second-order valence-electron chi connectivity index (χ2n) is 4.19. The highest BCUT2D eigenvalue weighted by atomic mass is 32.2. The van der Waals surface area contributed by atoms with E-state index in [0.29, 0.717) is 17.7 Å². The van der Waals surface area contributed by atoms with E-state index < -0.39 is 12.0 Å². The van der Waals surface area contributed by atoms with Crippen LogP contribution >= 0.6 is 35.3 Å². The molecule has 4 nitrogen and oxygen atoms in total. The molecule has 1 aliphatic heterocycles. The molecule has 1 fully saturated rings. The zero-order valence-electron chi connectivity index (χ0n) is 10.7. The summed E-state index contributed by atoms with van der Waals surface area (Å²) in [5.41, 5.74) is 0. The Kier molecular flexibility index (Phi) is 4.95. The first-order chi connectivity index (χ1) is 9.54. The largest absolute Gasteiger partial charge is 0.548 e. The van der Waals surface area contributed by atoms with Gasteiger partial charge in [-0.15, -0.1) is 11.3 Å². The van der Waals surface area contributed by atoms with Crippen molar-refractivity contribution in [2.45, 2.75) is 25.8 Å². The highest BCUT2D eigenvalue weighted by molar-refractivity contribution is 8.26. The maximum Gasteiger partial charge on any atom is 0.266 e. The number of hydrogen-bond acceptors (Lipinski definition) is 6. The van der Waals surface area contributed by atoms with E-state index >= 15 is 0 Å². The number of rotatable bonds is 5. The Hall–Kier alpha value is -1.18. The molecule has 0 radical (unpaired) electrons. The summed E-state index contributed by atoms with van der Waals surface area (Å²) >= 11 is 7.78. The van der Waals surface area contributed by atoms with Crippen molar-refractivity contribution in [3.05, 3.63) is 27.3 Å². The third-order valence-corrected chi connectivity index (χ3v) is 4.94. The van der Waals surface area contributed by atoms with Crippen molar-refractivity contribution >= 4 is 57.6 Å². The standard InChI is InChI=1S/C13H13NO3S3/c1-2-4-9(12(16)17)14-11(15)10(20-13(14)18)7-8-5-3-6-19-8/h3,5-7,9H,2,4H2,1H3,(H,16,17)/p-1/b10-7+/t9-/m0/s1. The Labute approximate surface area is 130 Å². The number of aliphatic carboxylic acids is 1. The van der Waals surface area contributed by atoms with Gasteiger partial charge >= 0.3 is 0 Å². The van der Waals surface area contributed by atoms with Gasteiger partial charge in [0.1, 0.15) is 4.32 Å². The second-order valence-corrected chi connectivity index (χ2v) is 6.85. The van der Waals surface area contributed by atoms with Crippen molar-refractivity contribution in [2.75, 3.05) is 0 Å². The molecule has 0 bridgehead atoms. The van der Waals surface area contributed by atoms with E-state index in [-0.39, 0.29) is 10.2 Å². The Morgan fingerprint density at radius 3 is 2.90 bits per heavy atom.